The van der Waals surface area contributed by atoms with Crippen LogP contribution in [0.4, 0.5) is 9.59 Å². The Labute approximate surface area is 158 Å². The molecule has 1 aliphatic rings. The Bertz CT molecular complexity index is 732. The van der Waals surface area contributed by atoms with Crippen LogP contribution < -0.4 is 16.0 Å². The van der Waals surface area contributed by atoms with E-state index in [1.807, 2.05) is 31.2 Å². The van der Waals surface area contributed by atoms with Gasteiger partial charge in [0.05, 0.1) is 0 Å². The Morgan fingerprint density at radius 3 is 2.37 bits per heavy atom. The number of urea groups is 2. The van der Waals surface area contributed by atoms with Crippen molar-refractivity contribution in [2.45, 2.75) is 45.6 Å². The van der Waals surface area contributed by atoms with Crippen molar-refractivity contribution in [2.24, 2.45) is 0 Å². The van der Waals surface area contributed by atoms with E-state index < -0.39 is 36.0 Å². The van der Waals surface area contributed by atoms with Gasteiger partial charge in [-0.15, -0.1) is 0 Å². The first-order valence-electron chi connectivity index (χ1n) is 9.13. The van der Waals surface area contributed by atoms with Gasteiger partial charge in [-0.3, -0.25) is 19.8 Å². The number of nitrogens with one attached hydrogen (secondary N) is 3. The minimum absolute atomic E-state index is 0.425. The summed E-state index contributed by atoms with van der Waals surface area (Å²) in [6.07, 6.45) is 2.68. The molecule has 1 saturated heterocycles. The van der Waals surface area contributed by atoms with E-state index in [9.17, 15) is 19.2 Å². The quantitative estimate of drug-likeness (QED) is 0.631. The fourth-order valence-corrected chi connectivity index (χ4v) is 2.92. The number of rotatable bonds is 7. The van der Waals surface area contributed by atoms with Crippen molar-refractivity contribution in [2.75, 3.05) is 13.1 Å². The summed E-state index contributed by atoms with van der Waals surface area (Å²) >= 11 is 0. The minimum Gasteiger partial charge on any atom is -0.338 e. The van der Waals surface area contributed by atoms with E-state index >= 15 is 0 Å². The van der Waals surface area contributed by atoms with Gasteiger partial charge in [-0.2, -0.15) is 0 Å². The molecule has 3 N–H and O–H groups in total. The van der Waals surface area contributed by atoms with Crippen molar-refractivity contribution in [3.8, 4) is 0 Å². The third-order valence-electron chi connectivity index (χ3n) is 4.44. The molecule has 146 valence electrons. The zero-order valence-corrected chi connectivity index (χ0v) is 15.9. The molecular weight excluding hydrogens is 348 g/mol. The Balaban J connectivity index is 2.06. The van der Waals surface area contributed by atoms with E-state index in [-0.39, 0.29) is 0 Å². The van der Waals surface area contributed by atoms with E-state index in [4.69, 9.17) is 0 Å². The average molecular weight is 374 g/mol. The fraction of sp³-hybridized carbons (Fsp3) is 0.474. The maximum absolute atomic E-state index is 12.8. The topological polar surface area (TPSA) is 108 Å². The van der Waals surface area contributed by atoms with Crippen molar-refractivity contribution in [1.82, 2.24) is 20.9 Å². The van der Waals surface area contributed by atoms with Gasteiger partial charge in [0.15, 0.2) is 0 Å². The van der Waals surface area contributed by atoms with Crippen LogP contribution in [-0.4, -0.2) is 41.9 Å². The first-order chi connectivity index (χ1) is 12.8. The van der Waals surface area contributed by atoms with Crippen LogP contribution in [0.15, 0.2) is 24.3 Å². The van der Waals surface area contributed by atoms with Gasteiger partial charge in [-0.05, 0) is 30.9 Å². The fourth-order valence-electron chi connectivity index (χ4n) is 2.92. The molecule has 1 heterocycles. The molecule has 27 heavy (non-hydrogen) atoms. The van der Waals surface area contributed by atoms with Gasteiger partial charge >= 0.3 is 12.1 Å². The minimum atomic E-state index is -1.24. The first kappa shape index (κ1) is 20.4. The summed E-state index contributed by atoms with van der Waals surface area (Å²) in [6, 6.07) is 6.16. The molecule has 1 fully saturated rings. The monoisotopic (exact) mass is 374 g/mol. The van der Waals surface area contributed by atoms with E-state index in [1.165, 1.54) is 0 Å². The molecule has 1 aromatic carbocycles. The van der Waals surface area contributed by atoms with E-state index in [1.54, 1.807) is 6.92 Å². The van der Waals surface area contributed by atoms with Gasteiger partial charge in [0, 0.05) is 6.54 Å². The zero-order valence-electron chi connectivity index (χ0n) is 15.9. The molecule has 0 bridgehead atoms. The molecule has 1 atom stereocenters. The second-order valence-corrected chi connectivity index (χ2v) is 6.70. The number of benzene rings is 1. The predicted molar refractivity (Wildman–Crippen MR) is 99.9 cm³/mol. The highest BCUT2D eigenvalue weighted by Crippen LogP contribution is 2.29. The van der Waals surface area contributed by atoms with Gasteiger partial charge in [0.25, 0.3) is 5.91 Å². The van der Waals surface area contributed by atoms with Crippen LogP contribution in [0.5, 0.6) is 0 Å². The number of hydrogen-bond donors (Lipinski definition) is 3. The summed E-state index contributed by atoms with van der Waals surface area (Å²) < 4.78 is 0. The second-order valence-electron chi connectivity index (χ2n) is 6.70. The number of carbonyl (C=O) groups excluding carboxylic acids is 4. The highest BCUT2D eigenvalue weighted by molar-refractivity contribution is 6.10. The molecule has 0 aromatic heterocycles. The van der Waals surface area contributed by atoms with Crippen molar-refractivity contribution < 1.29 is 19.2 Å². The summed E-state index contributed by atoms with van der Waals surface area (Å²) in [6.45, 7) is 5.47. The standard InChI is InChI=1S/C19H26N4O4/c1-4-6-13-7-9-14(10-8-13)19(3)16(25)23(18(27)22-19)12-15(24)21-17(26)20-11-5-2/h7-10H,4-6,11-12H2,1-3H3,(H,22,27)(H2,20,21,24,26)/t19-/m1/s1. The number of hydrogen-bond acceptors (Lipinski definition) is 4. The zero-order chi connectivity index (χ0) is 20.0. The summed E-state index contributed by atoms with van der Waals surface area (Å²) in [5, 5.41) is 7.25. The van der Waals surface area contributed by atoms with Crippen LogP contribution >= 0.6 is 0 Å². The Kier molecular flexibility index (Phi) is 6.55. The summed E-state index contributed by atoms with van der Waals surface area (Å²) in [5.41, 5.74) is 0.548. The van der Waals surface area contributed by atoms with Crippen molar-refractivity contribution >= 4 is 23.9 Å². The SMILES string of the molecule is CCCNC(=O)NC(=O)CN1C(=O)N[C@](C)(c2ccc(CCC)cc2)C1=O. The Morgan fingerprint density at radius 2 is 1.78 bits per heavy atom. The van der Waals surface area contributed by atoms with Crippen LogP contribution in [0.2, 0.25) is 0 Å². The number of amides is 6. The summed E-state index contributed by atoms with van der Waals surface area (Å²) in [5.74, 6) is -1.26. The van der Waals surface area contributed by atoms with Crippen LogP contribution in [-0.2, 0) is 21.5 Å². The number of nitrogens with zero attached hydrogens (tertiary/aromatic N) is 1. The summed E-state index contributed by atoms with van der Waals surface area (Å²) in [4.78, 5) is 49.4. The van der Waals surface area contributed by atoms with Gasteiger partial charge < -0.3 is 10.6 Å². The molecule has 1 aromatic rings. The smallest absolute Gasteiger partial charge is 0.325 e. The molecule has 1 aliphatic heterocycles. The lowest BCUT2D eigenvalue weighted by molar-refractivity contribution is -0.134. The lowest BCUT2D eigenvalue weighted by Crippen LogP contribution is -2.47. The lowest BCUT2D eigenvalue weighted by atomic mass is 9.91. The van der Waals surface area contributed by atoms with Crippen molar-refractivity contribution in [3.05, 3.63) is 35.4 Å². The third-order valence-corrected chi connectivity index (χ3v) is 4.44. The molecule has 0 aliphatic carbocycles. The Morgan fingerprint density at radius 1 is 1.11 bits per heavy atom. The molecule has 0 saturated carbocycles. The largest absolute Gasteiger partial charge is 0.338 e. The van der Waals surface area contributed by atoms with E-state index in [2.05, 4.69) is 22.9 Å². The molecule has 0 unspecified atom stereocenters. The highest BCUT2D eigenvalue weighted by atomic mass is 16.2. The lowest BCUT2D eigenvalue weighted by Gasteiger charge is -2.22. The highest BCUT2D eigenvalue weighted by Gasteiger charge is 2.49. The van der Waals surface area contributed by atoms with Crippen molar-refractivity contribution in [3.63, 3.8) is 0 Å². The van der Waals surface area contributed by atoms with Crippen LogP contribution in [0.3, 0.4) is 0 Å². The van der Waals surface area contributed by atoms with Gasteiger partial charge in [0.1, 0.15) is 12.1 Å². The summed E-state index contributed by atoms with van der Waals surface area (Å²) in [7, 11) is 0. The molecule has 8 heteroatoms. The van der Waals surface area contributed by atoms with Crippen LogP contribution in [0.25, 0.3) is 0 Å². The molecule has 0 spiro atoms. The molecule has 0 radical (unpaired) electrons. The average Bonchev–Trinajstić information content (AvgIpc) is 2.85. The van der Waals surface area contributed by atoms with Crippen LogP contribution in [0.1, 0.15) is 44.7 Å². The van der Waals surface area contributed by atoms with Gasteiger partial charge in [-0.25, -0.2) is 9.59 Å². The maximum Gasteiger partial charge on any atom is 0.325 e. The second kappa shape index (κ2) is 8.66. The van der Waals surface area contributed by atoms with E-state index in [0.717, 1.165) is 29.7 Å². The number of carbonyl (C=O) groups is 4. The first-order valence-corrected chi connectivity index (χ1v) is 9.13. The van der Waals surface area contributed by atoms with Crippen molar-refractivity contribution in [1.29, 1.82) is 0 Å². The third kappa shape index (κ3) is 4.64. The molecule has 2 rings (SSSR count). The van der Waals surface area contributed by atoms with Crippen LogP contribution in [0, 0.1) is 0 Å². The van der Waals surface area contributed by atoms with Gasteiger partial charge in [-0.1, -0.05) is 44.5 Å². The molecular formula is C19H26N4O4. The number of imide groups is 2. The predicted octanol–water partition coefficient (Wildman–Crippen LogP) is 1.64. The number of aryl methyl sites for hydroxylation is 1. The Hall–Kier alpha value is -2.90. The van der Waals surface area contributed by atoms with E-state index in [0.29, 0.717) is 12.1 Å². The molecule has 8 nitrogen and oxygen atoms in total. The maximum atomic E-state index is 12.8. The van der Waals surface area contributed by atoms with Gasteiger partial charge in [0.2, 0.25) is 5.91 Å². The normalized spacial score (nSPS) is 19.0. The molecule has 6 amide bonds.